The molecular weight excluding hydrogens is 296 g/mol. The number of hydrogen-bond acceptors (Lipinski definition) is 5. The molecule has 0 aromatic heterocycles. The molecule has 114 valence electrons. The Morgan fingerprint density at radius 3 is 2.43 bits per heavy atom. The molecule has 1 aliphatic rings. The first-order valence-corrected chi connectivity index (χ1v) is 7.78. The number of rotatable bonds is 4. The number of sulfonamides is 1. The first-order valence-electron chi connectivity index (χ1n) is 6.34. The Bertz CT molecular complexity index is 654. The van der Waals surface area contributed by atoms with Gasteiger partial charge in [0.1, 0.15) is 0 Å². The summed E-state index contributed by atoms with van der Waals surface area (Å²) in [6.45, 7) is 0.367. The quantitative estimate of drug-likeness (QED) is 0.786. The van der Waals surface area contributed by atoms with E-state index in [4.69, 9.17) is 5.73 Å². The Morgan fingerprint density at radius 1 is 1.29 bits per heavy atom. The summed E-state index contributed by atoms with van der Waals surface area (Å²) < 4.78 is 30.7. The molecule has 1 amide bonds. The second kappa shape index (κ2) is 5.82. The highest BCUT2D eigenvalue weighted by atomic mass is 32.2. The van der Waals surface area contributed by atoms with Crippen molar-refractivity contribution in [2.75, 3.05) is 20.2 Å². The smallest absolute Gasteiger partial charge is 0.310 e. The van der Waals surface area contributed by atoms with Crippen LogP contribution < -0.4 is 5.73 Å². The third kappa shape index (κ3) is 3.06. The predicted octanol–water partition coefficient (Wildman–Crippen LogP) is -0.0309. The van der Waals surface area contributed by atoms with Gasteiger partial charge in [-0.05, 0) is 30.7 Å². The molecule has 1 atom stereocenters. The number of hydrogen-bond donors (Lipinski definition) is 1. The van der Waals surface area contributed by atoms with E-state index in [2.05, 4.69) is 4.74 Å². The molecule has 1 saturated heterocycles. The number of methoxy groups -OCH3 is 1. The van der Waals surface area contributed by atoms with E-state index in [0.29, 0.717) is 6.42 Å². The summed E-state index contributed by atoms with van der Waals surface area (Å²) in [6, 6.07) is 5.40. The zero-order valence-corrected chi connectivity index (χ0v) is 12.3. The molecule has 0 radical (unpaired) electrons. The van der Waals surface area contributed by atoms with E-state index in [-0.39, 0.29) is 23.5 Å². The molecule has 1 aromatic rings. The van der Waals surface area contributed by atoms with Gasteiger partial charge in [0.25, 0.3) is 0 Å². The van der Waals surface area contributed by atoms with Crippen molar-refractivity contribution >= 4 is 21.9 Å². The van der Waals surface area contributed by atoms with Gasteiger partial charge in [-0.1, -0.05) is 0 Å². The molecule has 0 spiro atoms. The van der Waals surface area contributed by atoms with Crippen molar-refractivity contribution in [1.82, 2.24) is 4.31 Å². The van der Waals surface area contributed by atoms with Gasteiger partial charge in [0.15, 0.2) is 0 Å². The zero-order valence-electron chi connectivity index (χ0n) is 11.5. The van der Waals surface area contributed by atoms with Gasteiger partial charge in [-0.15, -0.1) is 0 Å². The van der Waals surface area contributed by atoms with E-state index in [0.717, 1.165) is 0 Å². The number of primary amides is 1. The van der Waals surface area contributed by atoms with Crippen LogP contribution in [0.5, 0.6) is 0 Å². The molecule has 2 N–H and O–H groups in total. The van der Waals surface area contributed by atoms with Gasteiger partial charge < -0.3 is 10.5 Å². The lowest BCUT2D eigenvalue weighted by molar-refractivity contribution is -0.144. The molecule has 1 fully saturated rings. The van der Waals surface area contributed by atoms with Crippen LogP contribution in [-0.2, 0) is 19.6 Å². The highest BCUT2D eigenvalue weighted by Crippen LogP contribution is 2.25. The van der Waals surface area contributed by atoms with Crippen LogP contribution in [0.2, 0.25) is 0 Å². The molecule has 1 heterocycles. The van der Waals surface area contributed by atoms with E-state index >= 15 is 0 Å². The van der Waals surface area contributed by atoms with E-state index in [1.165, 1.54) is 35.7 Å². The summed E-state index contributed by atoms with van der Waals surface area (Å²) in [6.07, 6.45) is 0.436. The Labute approximate surface area is 122 Å². The molecule has 1 aliphatic heterocycles. The maximum Gasteiger partial charge on any atom is 0.310 e. The van der Waals surface area contributed by atoms with Crippen LogP contribution in [0.15, 0.2) is 29.2 Å². The third-order valence-electron chi connectivity index (χ3n) is 3.46. The molecule has 0 saturated carbocycles. The maximum absolute atomic E-state index is 12.4. The maximum atomic E-state index is 12.4. The van der Waals surface area contributed by atoms with Crippen molar-refractivity contribution < 1.29 is 22.7 Å². The molecule has 1 unspecified atom stereocenters. The number of carbonyl (C=O) groups is 2. The van der Waals surface area contributed by atoms with Crippen molar-refractivity contribution in [3.63, 3.8) is 0 Å². The summed E-state index contributed by atoms with van der Waals surface area (Å²) in [4.78, 5) is 22.5. The van der Waals surface area contributed by atoms with Crippen molar-refractivity contribution in [1.29, 1.82) is 0 Å². The van der Waals surface area contributed by atoms with Crippen molar-refractivity contribution in [2.24, 2.45) is 11.7 Å². The van der Waals surface area contributed by atoms with E-state index in [1.807, 2.05) is 0 Å². The largest absolute Gasteiger partial charge is 0.469 e. The van der Waals surface area contributed by atoms with E-state index in [1.54, 1.807) is 0 Å². The van der Waals surface area contributed by atoms with E-state index in [9.17, 15) is 18.0 Å². The topological polar surface area (TPSA) is 107 Å². The summed E-state index contributed by atoms with van der Waals surface area (Å²) in [7, 11) is -2.40. The minimum atomic E-state index is -3.68. The molecule has 8 heteroatoms. The lowest BCUT2D eigenvalue weighted by atomic mass is 10.1. The molecule has 1 aromatic carbocycles. The Morgan fingerprint density at radius 2 is 1.90 bits per heavy atom. The third-order valence-corrected chi connectivity index (χ3v) is 5.34. The Hall–Kier alpha value is -1.93. The summed E-state index contributed by atoms with van der Waals surface area (Å²) in [5, 5.41) is 0. The van der Waals surface area contributed by atoms with Gasteiger partial charge >= 0.3 is 5.97 Å². The van der Waals surface area contributed by atoms with Gasteiger partial charge in [0.05, 0.1) is 17.9 Å². The average Bonchev–Trinajstić information content (AvgIpc) is 2.97. The van der Waals surface area contributed by atoms with Crippen LogP contribution in [0.1, 0.15) is 16.8 Å². The molecule has 0 aliphatic carbocycles. The molecule has 21 heavy (non-hydrogen) atoms. The number of nitrogens with zero attached hydrogens (tertiary/aromatic N) is 1. The summed E-state index contributed by atoms with van der Waals surface area (Å²) in [5.74, 6) is -1.46. The highest BCUT2D eigenvalue weighted by Gasteiger charge is 2.36. The monoisotopic (exact) mass is 312 g/mol. The minimum absolute atomic E-state index is 0.0676. The predicted molar refractivity (Wildman–Crippen MR) is 73.8 cm³/mol. The van der Waals surface area contributed by atoms with Crippen LogP contribution in [0, 0.1) is 5.92 Å². The number of carbonyl (C=O) groups excluding carboxylic acids is 2. The van der Waals surface area contributed by atoms with Crippen LogP contribution in [0.4, 0.5) is 0 Å². The normalized spacial score (nSPS) is 19.4. The highest BCUT2D eigenvalue weighted by molar-refractivity contribution is 7.89. The molecule has 2 rings (SSSR count). The average molecular weight is 312 g/mol. The number of amides is 1. The number of benzene rings is 1. The first kappa shape index (κ1) is 15.5. The van der Waals surface area contributed by atoms with Crippen LogP contribution in [-0.4, -0.2) is 44.8 Å². The molecule has 7 nitrogen and oxygen atoms in total. The fourth-order valence-electron chi connectivity index (χ4n) is 2.25. The van der Waals surface area contributed by atoms with Gasteiger partial charge in [-0.3, -0.25) is 9.59 Å². The number of ether oxygens (including phenoxy) is 1. The second-order valence-electron chi connectivity index (χ2n) is 4.76. The molecular formula is C13H16N2O5S. The van der Waals surface area contributed by atoms with Gasteiger partial charge in [0.2, 0.25) is 15.9 Å². The van der Waals surface area contributed by atoms with Gasteiger partial charge in [-0.2, -0.15) is 4.31 Å². The zero-order chi connectivity index (χ0) is 15.6. The van der Waals surface area contributed by atoms with Crippen LogP contribution in [0.25, 0.3) is 0 Å². The van der Waals surface area contributed by atoms with Crippen molar-refractivity contribution in [3.8, 4) is 0 Å². The Kier molecular flexibility index (Phi) is 4.29. The van der Waals surface area contributed by atoms with Crippen LogP contribution in [0.3, 0.4) is 0 Å². The van der Waals surface area contributed by atoms with Gasteiger partial charge in [-0.25, -0.2) is 8.42 Å². The van der Waals surface area contributed by atoms with Crippen LogP contribution >= 0.6 is 0 Å². The van der Waals surface area contributed by atoms with E-state index < -0.39 is 27.8 Å². The summed E-state index contributed by atoms with van der Waals surface area (Å²) in [5.41, 5.74) is 5.35. The molecule has 0 bridgehead atoms. The lowest BCUT2D eigenvalue weighted by Gasteiger charge is -2.16. The SMILES string of the molecule is COC(=O)C1CCN(S(=O)(=O)c2ccc(C(N)=O)cc2)C1. The van der Waals surface area contributed by atoms with Crippen molar-refractivity contribution in [3.05, 3.63) is 29.8 Å². The fraction of sp³-hybridized carbons (Fsp3) is 0.385. The minimum Gasteiger partial charge on any atom is -0.469 e. The summed E-state index contributed by atoms with van der Waals surface area (Å²) >= 11 is 0. The second-order valence-corrected chi connectivity index (χ2v) is 6.70. The van der Waals surface area contributed by atoms with Crippen molar-refractivity contribution in [2.45, 2.75) is 11.3 Å². The lowest BCUT2D eigenvalue weighted by Crippen LogP contribution is -2.30. The number of nitrogens with two attached hydrogens (primary N) is 1. The number of esters is 1. The van der Waals surface area contributed by atoms with Gasteiger partial charge in [0, 0.05) is 18.7 Å². The first-order chi connectivity index (χ1) is 9.86. The fourth-order valence-corrected chi connectivity index (χ4v) is 3.75. The Balaban J connectivity index is 2.19. The standard InChI is InChI=1S/C13H16N2O5S/c1-20-13(17)10-6-7-15(8-10)21(18,19)11-4-2-9(3-5-11)12(14)16/h2-5,10H,6-8H2,1H3,(H2,14,16).